The van der Waals surface area contributed by atoms with Gasteiger partial charge in [-0.25, -0.2) is 0 Å². The van der Waals surface area contributed by atoms with Gasteiger partial charge < -0.3 is 15.0 Å². The third-order valence-corrected chi connectivity index (χ3v) is 6.50. The van der Waals surface area contributed by atoms with E-state index in [-0.39, 0.29) is 17.9 Å². The molecule has 0 unspecified atom stereocenters. The summed E-state index contributed by atoms with van der Waals surface area (Å²) in [6.45, 7) is 3.27. The van der Waals surface area contributed by atoms with E-state index >= 15 is 0 Å². The van der Waals surface area contributed by atoms with Crippen LogP contribution >= 0.6 is 0 Å². The number of piperazine rings is 2. The van der Waals surface area contributed by atoms with E-state index in [0.717, 1.165) is 30.3 Å². The molecule has 6 heteroatoms. The lowest BCUT2D eigenvalue weighted by Gasteiger charge is -2.46. The first kappa shape index (κ1) is 19.2. The van der Waals surface area contributed by atoms with Gasteiger partial charge >= 0.3 is 0 Å². The molecule has 3 fully saturated rings. The molecule has 1 aliphatic carbocycles. The van der Waals surface area contributed by atoms with Gasteiger partial charge in [0.25, 0.3) is 0 Å². The number of rotatable bonds is 5. The summed E-state index contributed by atoms with van der Waals surface area (Å²) in [6.07, 6.45) is 7.16. The lowest BCUT2D eigenvalue weighted by Crippen LogP contribution is -2.69. The molecule has 3 aliphatic rings. The molecule has 28 heavy (non-hydrogen) atoms. The lowest BCUT2D eigenvalue weighted by molar-refractivity contribution is -0.153. The van der Waals surface area contributed by atoms with Crippen LogP contribution in [0.1, 0.15) is 37.7 Å². The molecule has 2 atom stereocenters. The Kier molecular flexibility index (Phi) is 5.85. The summed E-state index contributed by atoms with van der Waals surface area (Å²) in [7, 11) is 1.63. The summed E-state index contributed by atoms with van der Waals surface area (Å²) in [4.78, 5) is 30.0. The summed E-state index contributed by atoms with van der Waals surface area (Å²) in [6, 6.07) is 6.87. The number of ether oxygens (including phenoxy) is 1. The molecule has 2 saturated heterocycles. The number of benzene rings is 1. The maximum atomic E-state index is 13.0. The van der Waals surface area contributed by atoms with Crippen molar-refractivity contribution in [1.82, 2.24) is 15.1 Å². The molecule has 2 aliphatic heterocycles. The first-order valence-electron chi connectivity index (χ1n) is 10.6. The molecule has 1 saturated carbocycles. The minimum Gasteiger partial charge on any atom is -0.497 e. The monoisotopic (exact) mass is 385 g/mol. The Labute approximate surface area is 167 Å². The van der Waals surface area contributed by atoms with E-state index in [0.29, 0.717) is 19.5 Å². The number of amides is 2. The van der Waals surface area contributed by atoms with Gasteiger partial charge in [-0.3, -0.25) is 14.5 Å². The lowest BCUT2D eigenvalue weighted by atomic mass is 9.88. The van der Waals surface area contributed by atoms with Crippen LogP contribution in [0.25, 0.3) is 0 Å². The summed E-state index contributed by atoms with van der Waals surface area (Å²) in [5.74, 6) is 1.59. The highest BCUT2D eigenvalue weighted by Gasteiger charge is 2.43. The Bertz CT molecular complexity index is 699. The molecule has 0 radical (unpaired) electrons. The highest BCUT2D eigenvalue weighted by atomic mass is 16.5. The van der Waals surface area contributed by atoms with Crippen LogP contribution in [0.15, 0.2) is 24.3 Å². The SMILES string of the molecule is COc1ccc(C[C@@H]2NC(=O)[C@H]3CN(CC4CCCCC4)CCN3C2=O)cc1. The Morgan fingerprint density at radius 2 is 1.82 bits per heavy atom. The number of fused-ring (bicyclic) bond motifs is 1. The highest BCUT2D eigenvalue weighted by molar-refractivity contribution is 5.97. The summed E-state index contributed by atoms with van der Waals surface area (Å²) in [5.41, 5.74) is 1.02. The number of carbonyl (C=O) groups excluding carboxylic acids is 2. The predicted octanol–water partition coefficient (Wildman–Crippen LogP) is 1.83. The Balaban J connectivity index is 1.36. The van der Waals surface area contributed by atoms with Crippen LogP contribution < -0.4 is 10.1 Å². The zero-order valence-corrected chi connectivity index (χ0v) is 16.7. The number of carbonyl (C=O) groups is 2. The Morgan fingerprint density at radius 3 is 2.54 bits per heavy atom. The largest absolute Gasteiger partial charge is 0.497 e. The predicted molar refractivity (Wildman–Crippen MR) is 107 cm³/mol. The van der Waals surface area contributed by atoms with Crippen LogP contribution in [0.2, 0.25) is 0 Å². The summed E-state index contributed by atoms with van der Waals surface area (Å²) >= 11 is 0. The maximum Gasteiger partial charge on any atom is 0.246 e. The molecule has 2 heterocycles. The first-order chi connectivity index (χ1) is 13.6. The van der Waals surface area contributed by atoms with Crippen molar-refractivity contribution in [2.45, 2.75) is 50.6 Å². The smallest absolute Gasteiger partial charge is 0.246 e. The zero-order valence-electron chi connectivity index (χ0n) is 16.7. The minimum atomic E-state index is -0.470. The minimum absolute atomic E-state index is 0.00791. The normalized spacial score (nSPS) is 26.7. The van der Waals surface area contributed by atoms with Gasteiger partial charge in [-0.05, 0) is 36.5 Å². The van der Waals surface area contributed by atoms with Gasteiger partial charge in [0.2, 0.25) is 11.8 Å². The number of nitrogens with zero attached hydrogens (tertiary/aromatic N) is 2. The topological polar surface area (TPSA) is 61.9 Å². The molecule has 2 amide bonds. The van der Waals surface area contributed by atoms with Gasteiger partial charge in [0, 0.05) is 32.6 Å². The highest BCUT2D eigenvalue weighted by Crippen LogP contribution is 2.26. The van der Waals surface area contributed by atoms with E-state index in [1.165, 1.54) is 32.1 Å². The van der Waals surface area contributed by atoms with Gasteiger partial charge in [0.05, 0.1) is 7.11 Å². The van der Waals surface area contributed by atoms with Crippen molar-refractivity contribution in [1.29, 1.82) is 0 Å². The van der Waals surface area contributed by atoms with Crippen molar-refractivity contribution < 1.29 is 14.3 Å². The van der Waals surface area contributed by atoms with E-state index in [4.69, 9.17) is 4.74 Å². The van der Waals surface area contributed by atoms with E-state index in [1.807, 2.05) is 29.2 Å². The number of hydrogen-bond acceptors (Lipinski definition) is 4. The maximum absolute atomic E-state index is 13.0. The third kappa shape index (κ3) is 4.17. The van der Waals surface area contributed by atoms with E-state index < -0.39 is 6.04 Å². The summed E-state index contributed by atoms with van der Waals surface area (Å²) in [5, 5.41) is 2.98. The quantitative estimate of drug-likeness (QED) is 0.840. The summed E-state index contributed by atoms with van der Waals surface area (Å²) < 4.78 is 5.18. The van der Waals surface area contributed by atoms with Crippen LogP contribution in [0.5, 0.6) is 5.75 Å². The molecule has 1 aromatic carbocycles. The van der Waals surface area contributed by atoms with E-state index in [9.17, 15) is 9.59 Å². The average Bonchev–Trinajstić information content (AvgIpc) is 2.73. The van der Waals surface area contributed by atoms with Crippen LogP contribution in [-0.4, -0.2) is 67.0 Å². The van der Waals surface area contributed by atoms with Crippen molar-refractivity contribution in [2.24, 2.45) is 5.92 Å². The first-order valence-corrected chi connectivity index (χ1v) is 10.6. The molecule has 0 aromatic heterocycles. The Morgan fingerprint density at radius 1 is 1.07 bits per heavy atom. The Hall–Kier alpha value is -2.08. The fourth-order valence-electron chi connectivity index (χ4n) is 4.89. The van der Waals surface area contributed by atoms with Crippen molar-refractivity contribution in [3.05, 3.63) is 29.8 Å². The molecule has 0 bridgehead atoms. The zero-order chi connectivity index (χ0) is 19.5. The number of methoxy groups -OCH3 is 1. The standard InChI is InChI=1S/C22H31N3O3/c1-28-18-9-7-16(8-10-18)13-19-22(27)25-12-11-24(15-20(25)21(26)23-19)14-17-5-3-2-4-6-17/h7-10,17,19-20H,2-6,11-15H2,1H3,(H,23,26)/t19-,20+/m0/s1. The van der Waals surface area contributed by atoms with Crippen molar-refractivity contribution >= 4 is 11.8 Å². The van der Waals surface area contributed by atoms with Crippen molar-refractivity contribution in [3.63, 3.8) is 0 Å². The number of hydrogen-bond donors (Lipinski definition) is 1. The number of nitrogens with one attached hydrogen (secondary N) is 1. The van der Waals surface area contributed by atoms with Gasteiger partial charge in [0.1, 0.15) is 17.8 Å². The molecule has 4 rings (SSSR count). The van der Waals surface area contributed by atoms with Crippen LogP contribution in [-0.2, 0) is 16.0 Å². The van der Waals surface area contributed by atoms with Crippen LogP contribution in [0.3, 0.4) is 0 Å². The van der Waals surface area contributed by atoms with Crippen molar-refractivity contribution in [2.75, 3.05) is 33.3 Å². The fraction of sp³-hybridized carbons (Fsp3) is 0.636. The van der Waals surface area contributed by atoms with Crippen LogP contribution in [0, 0.1) is 5.92 Å². The van der Waals surface area contributed by atoms with Crippen LogP contribution in [0.4, 0.5) is 0 Å². The molecule has 1 N–H and O–H groups in total. The second-order valence-corrected chi connectivity index (χ2v) is 8.42. The van der Waals surface area contributed by atoms with E-state index in [2.05, 4.69) is 10.2 Å². The molecule has 1 aromatic rings. The fourth-order valence-corrected chi connectivity index (χ4v) is 4.89. The van der Waals surface area contributed by atoms with Crippen molar-refractivity contribution in [3.8, 4) is 5.75 Å². The third-order valence-electron chi connectivity index (χ3n) is 6.50. The molecule has 152 valence electrons. The van der Waals surface area contributed by atoms with Gasteiger partial charge in [-0.2, -0.15) is 0 Å². The van der Waals surface area contributed by atoms with Gasteiger partial charge in [0.15, 0.2) is 0 Å². The molecule has 6 nitrogen and oxygen atoms in total. The molecular weight excluding hydrogens is 354 g/mol. The molecule has 0 spiro atoms. The second kappa shape index (κ2) is 8.52. The van der Waals surface area contributed by atoms with Gasteiger partial charge in [-0.1, -0.05) is 31.4 Å². The molecular formula is C22H31N3O3. The van der Waals surface area contributed by atoms with Gasteiger partial charge in [-0.15, -0.1) is 0 Å². The second-order valence-electron chi connectivity index (χ2n) is 8.42. The van der Waals surface area contributed by atoms with E-state index in [1.54, 1.807) is 7.11 Å². The average molecular weight is 386 g/mol.